The zero-order valence-corrected chi connectivity index (χ0v) is 6.15. The second-order valence-corrected chi connectivity index (χ2v) is 1.86. The summed E-state index contributed by atoms with van der Waals surface area (Å²) >= 11 is 0. The fourth-order valence-electron chi connectivity index (χ4n) is 0.0962. The van der Waals surface area contributed by atoms with Crippen LogP contribution in [0.25, 0.3) is 0 Å². The number of carboxylic acids is 1. The Morgan fingerprint density at radius 1 is 1.67 bits per heavy atom. The molecule has 1 rings (SSSR count). The molecule has 3 N–H and O–H groups in total. The molecule has 1 aliphatic carbocycles. The van der Waals surface area contributed by atoms with Gasteiger partial charge in [-0.15, -0.1) is 12.4 Å². The fourth-order valence-corrected chi connectivity index (χ4v) is 0.0962. The Morgan fingerprint density at radius 3 is 1.78 bits per heavy atom. The summed E-state index contributed by atoms with van der Waals surface area (Å²) in [5, 5.41) is 7.42. The zero-order chi connectivity index (χ0) is 6.57. The highest BCUT2D eigenvalue weighted by Gasteiger charge is 2.13. The molecule has 1 aliphatic rings. The molecule has 0 aromatic heterocycles. The number of nitrogens with two attached hydrogens (primary N) is 1. The van der Waals surface area contributed by atoms with Crippen molar-refractivity contribution in [3.05, 3.63) is 0 Å². The van der Waals surface area contributed by atoms with Gasteiger partial charge in [0, 0.05) is 13.0 Å². The van der Waals surface area contributed by atoms with Gasteiger partial charge >= 0.3 is 0 Å². The first kappa shape index (κ1) is 11.5. The third kappa shape index (κ3) is 34.1. The van der Waals surface area contributed by atoms with Crippen LogP contribution in [-0.2, 0) is 4.79 Å². The lowest BCUT2D eigenvalue weighted by Crippen LogP contribution is -1.94. The van der Waals surface area contributed by atoms with Crippen LogP contribution in [0, 0.1) is 0 Å². The summed E-state index contributed by atoms with van der Waals surface area (Å²) in [6, 6.07) is 0.583. The minimum Gasteiger partial charge on any atom is -0.481 e. The molecule has 0 saturated heterocycles. The van der Waals surface area contributed by atoms with E-state index in [-0.39, 0.29) is 12.4 Å². The van der Waals surface area contributed by atoms with Crippen LogP contribution in [0.4, 0.5) is 0 Å². The highest BCUT2D eigenvalue weighted by Crippen LogP contribution is 2.13. The summed E-state index contributed by atoms with van der Waals surface area (Å²) in [4.78, 5) is 9.00. The first-order valence-electron chi connectivity index (χ1n) is 2.58. The minimum absolute atomic E-state index is 0. The van der Waals surface area contributed by atoms with E-state index in [1.165, 1.54) is 12.8 Å². The van der Waals surface area contributed by atoms with Crippen LogP contribution in [-0.4, -0.2) is 17.1 Å². The third-order valence-electron chi connectivity index (χ3n) is 0.622. The van der Waals surface area contributed by atoms with E-state index >= 15 is 0 Å². The molecule has 0 spiro atoms. The van der Waals surface area contributed by atoms with Crippen molar-refractivity contribution in [3.63, 3.8) is 0 Å². The lowest BCUT2D eigenvalue weighted by molar-refractivity contribution is -0.134. The summed E-state index contributed by atoms with van der Waals surface area (Å²) in [5.74, 6) is -0.833. The molecule has 56 valence electrons. The van der Waals surface area contributed by atoms with Crippen molar-refractivity contribution in [3.8, 4) is 0 Å². The molecule has 0 atom stereocenters. The highest BCUT2D eigenvalue weighted by molar-refractivity contribution is 5.85. The Balaban J connectivity index is 0. The number of aliphatic carboxylic acids is 1. The van der Waals surface area contributed by atoms with Gasteiger partial charge < -0.3 is 10.8 Å². The second kappa shape index (κ2) is 5.85. The minimum atomic E-state index is -0.833. The first-order chi connectivity index (χ1) is 3.63. The van der Waals surface area contributed by atoms with Gasteiger partial charge in [-0.3, -0.25) is 4.79 Å². The molecular weight excluding hydrogens is 142 g/mol. The number of carboxylic acid groups (broad SMARTS) is 1. The molecule has 3 nitrogen and oxygen atoms in total. The number of rotatable bonds is 0. The topological polar surface area (TPSA) is 63.3 Å². The Labute approximate surface area is 60.6 Å². The maximum atomic E-state index is 9.00. The zero-order valence-electron chi connectivity index (χ0n) is 5.33. The average Bonchev–Trinajstić information content (AvgIpc) is 2.19. The maximum Gasteiger partial charge on any atom is 0.300 e. The predicted octanol–water partition coefficient (Wildman–Crippen LogP) is 0.620. The molecule has 0 heterocycles. The Hall–Kier alpha value is -0.280. The largest absolute Gasteiger partial charge is 0.481 e. The Kier molecular flexibility index (Phi) is 7.48. The van der Waals surface area contributed by atoms with Gasteiger partial charge in [-0.2, -0.15) is 0 Å². The SMILES string of the molecule is CC(=O)O.Cl.NC1CC1. The highest BCUT2D eigenvalue weighted by atomic mass is 35.5. The number of hydrogen-bond donors (Lipinski definition) is 2. The molecule has 0 unspecified atom stereocenters. The predicted molar refractivity (Wildman–Crippen MR) is 37.8 cm³/mol. The van der Waals surface area contributed by atoms with Gasteiger partial charge in [-0.25, -0.2) is 0 Å². The van der Waals surface area contributed by atoms with E-state index in [0.29, 0.717) is 6.04 Å². The van der Waals surface area contributed by atoms with Crippen molar-refractivity contribution < 1.29 is 9.90 Å². The molecule has 0 aromatic rings. The summed E-state index contributed by atoms with van der Waals surface area (Å²) < 4.78 is 0. The molecule has 9 heavy (non-hydrogen) atoms. The quantitative estimate of drug-likeness (QED) is 0.536. The monoisotopic (exact) mass is 153 g/mol. The van der Waals surface area contributed by atoms with Gasteiger partial charge in [0.15, 0.2) is 0 Å². The molecule has 0 bridgehead atoms. The van der Waals surface area contributed by atoms with Crippen molar-refractivity contribution in [2.45, 2.75) is 25.8 Å². The van der Waals surface area contributed by atoms with Gasteiger partial charge in [0.2, 0.25) is 0 Å². The van der Waals surface area contributed by atoms with Crippen molar-refractivity contribution in [1.29, 1.82) is 0 Å². The summed E-state index contributed by atoms with van der Waals surface area (Å²) in [6.45, 7) is 1.08. The van der Waals surface area contributed by atoms with E-state index in [2.05, 4.69) is 0 Å². The van der Waals surface area contributed by atoms with Gasteiger partial charge in [0.05, 0.1) is 0 Å². The average molecular weight is 154 g/mol. The van der Waals surface area contributed by atoms with E-state index in [0.717, 1.165) is 6.92 Å². The van der Waals surface area contributed by atoms with Crippen LogP contribution >= 0.6 is 12.4 Å². The molecule has 0 aromatic carbocycles. The van der Waals surface area contributed by atoms with Crippen molar-refractivity contribution in [2.75, 3.05) is 0 Å². The van der Waals surface area contributed by atoms with Gasteiger partial charge in [-0.1, -0.05) is 0 Å². The third-order valence-corrected chi connectivity index (χ3v) is 0.622. The lowest BCUT2D eigenvalue weighted by atomic mass is 10.8. The van der Waals surface area contributed by atoms with Crippen molar-refractivity contribution in [1.82, 2.24) is 0 Å². The summed E-state index contributed by atoms with van der Waals surface area (Å²) in [6.07, 6.45) is 2.53. The summed E-state index contributed by atoms with van der Waals surface area (Å²) in [5.41, 5.74) is 5.22. The standard InChI is InChI=1S/C3H7N.C2H4O2.ClH/c4-3-1-2-3;1-2(3)4;/h3H,1-2,4H2;1H3,(H,3,4);1H. The Bertz CT molecular complexity index is 79.0. The number of carbonyl (C=O) groups is 1. The molecule has 0 aliphatic heterocycles. The van der Waals surface area contributed by atoms with Gasteiger partial charge in [-0.05, 0) is 12.8 Å². The number of halogens is 1. The van der Waals surface area contributed by atoms with Crippen LogP contribution < -0.4 is 5.73 Å². The molecule has 1 fully saturated rings. The van der Waals surface area contributed by atoms with Crippen molar-refractivity contribution in [2.24, 2.45) is 5.73 Å². The molecule has 1 saturated carbocycles. The second-order valence-electron chi connectivity index (χ2n) is 1.86. The molecular formula is C5H12ClNO2. The Morgan fingerprint density at radius 2 is 1.78 bits per heavy atom. The molecule has 0 radical (unpaired) electrons. The number of hydrogen-bond acceptors (Lipinski definition) is 2. The van der Waals surface area contributed by atoms with Gasteiger partial charge in [0.1, 0.15) is 0 Å². The van der Waals surface area contributed by atoms with Crippen LogP contribution in [0.1, 0.15) is 19.8 Å². The fraction of sp³-hybridized carbons (Fsp3) is 0.800. The van der Waals surface area contributed by atoms with Crippen LogP contribution in [0.2, 0.25) is 0 Å². The first-order valence-corrected chi connectivity index (χ1v) is 2.58. The van der Waals surface area contributed by atoms with E-state index in [9.17, 15) is 0 Å². The van der Waals surface area contributed by atoms with Crippen LogP contribution in [0.15, 0.2) is 0 Å². The van der Waals surface area contributed by atoms with Crippen LogP contribution in [0.5, 0.6) is 0 Å². The van der Waals surface area contributed by atoms with Gasteiger partial charge in [0.25, 0.3) is 5.97 Å². The maximum absolute atomic E-state index is 9.00. The van der Waals surface area contributed by atoms with E-state index in [4.69, 9.17) is 15.6 Å². The lowest BCUT2D eigenvalue weighted by Gasteiger charge is -1.59. The summed E-state index contributed by atoms with van der Waals surface area (Å²) in [7, 11) is 0. The van der Waals surface area contributed by atoms with E-state index < -0.39 is 5.97 Å². The van der Waals surface area contributed by atoms with Crippen LogP contribution in [0.3, 0.4) is 0 Å². The normalized spacial score (nSPS) is 14.4. The van der Waals surface area contributed by atoms with E-state index in [1.54, 1.807) is 0 Å². The molecule has 4 heteroatoms. The smallest absolute Gasteiger partial charge is 0.300 e. The van der Waals surface area contributed by atoms with Crippen molar-refractivity contribution >= 4 is 18.4 Å². The van der Waals surface area contributed by atoms with E-state index in [1.807, 2.05) is 0 Å². The molecule has 0 amide bonds.